The maximum Gasteiger partial charge on any atom is 0.237 e. The van der Waals surface area contributed by atoms with Crippen molar-refractivity contribution in [1.82, 2.24) is 20.2 Å². The van der Waals surface area contributed by atoms with E-state index in [2.05, 4.69) is 36.8 Å². The molecule has 2 aromatic rings. The van der Waals surface area contributed by atoms with Gasteiger partial charge in [0.15, 0.2) is 0 Å². The molecule has 8 heteroatoms. The summed E-state index contributed by atoms with van der Waals surface area (Å²) >= 11 is 4.72. The molecular formula is C12H14BrN5OS. The topological polar surface area (TPSA) is 72.7 Å². The highest BCUT2D eigenvalue weighted by Gasteiger charge is 2.20. The van der Waals surface area contributed by atoms with Gasteiger partial charge in [-0.15, -0.1) is 5.10 Å². The number of thioether (sulfide) groups is 1. The van der Waals surface area contributed by atoms with Crippen LogP contribution in [0.25, 0.3) is 0 Å². The average Bonchev–Trinajstić information content (AvgIpc) is 2.84. The number of nitrogens with one attached hydrogen (secondary N) is 1. The van der Waals surface area contributed by atoms with Crippen LogP contribution in [0.15, 0.2) is 33.9 Å². The monoisotopic (exact) mass is 355 g/mol. The molecule has 1 heterocycles. The lowest BCUT2D eigenvalue weighted by atomic mass is 10.3. The van der Waals surface area contributed by atoms with E-state index >= 15 is 0 Å². The zero-order valence-corrected chi connectivity index (χ0v) is 13.5. The van der Waals surface area contributed by atoms with Gasteiger partial charge < -0.3 is 5.32 Å². The van der Waals surface area contributed by atoms with Crippen molar-refractivity contribution >= 4 is 39.3 Å². The predicted molar refractivity (Wildman–Crippen MR) is 81.5 cm³/mol. The smallest absolute Gasteiger partial charge is 0.237 e. The van der Waals surface area contributed by atoms with E-state index in [0.717, 1.165) is 10.2 Å². The fraction of sp³-hybridized carbons (Fsp3) is 0.333. The molecule has 1 amide bonds. The number of rotatable bonds is 5. The Morgan fingerprint density at radius 3 is 2.70 bits per heavy atom. The summed E-state index contributed by atoms with van der Waals surface area (Å²) < 4.78 is 2.53. The first kappa shape index (κ1) is 15.0. The summed E-state index contributed by atoms with van der Waals surface area (Å²) in [6, 6.07) is 7.47. The molecule has 0 aliphatic carbocycles. The van der Waals surface area contributed by atoms with Gasteiger partial charge >= 0.3 is 0 Å². The van der Waals surface area contributed by atoms with Crippen LogP contribution in [0, 0.1) is 0 Å². The Bertz CT molecular complexity index is 586. The van der Waals surface area contributed by atoms with Gasteiger partial charge in [-0.2, -0.15) is 0 Å². The third-order valence-corrected chi connectivity index (χ3v) is 4.52. The van der Waals surface area contributed by atoms with E-state index < -0.39 is 0 Å². The molecule has 0 aliphatic heterocycles. The van der Waals surface area contributed by atoms with Crippen molar-refractivity contribution in [2.75, 3.05) is 5.32 Å². The number of hydrogen-bond acceptors (Lipinski definition) is 5. The molecule has 0 fully saturated rings. The number of amides is 1. The lowest BCUT2D eigenvalue weighted by Crippen LogP contribution is -2.25. The van der Waals surface area contributed by atoms with E-state index in [1.807, 2.05) is 31.2 Å². The minimum absolute atomic E-state index is 0.0529. The number of aromatic nitrogens is 4. The first-order chi connectivity index (χ1) is 9.60. The number of hydrogen-bond donors (Lipinski definition) is 1. The highest BCUT2D eigenvalue weighted by molar-refractivity contribution is 9.10. The Kier molecular flexibility index (Phi) is 5.13. The lowest BCUT2D eigenvalue weighted by Gasteiger charge is -2.13. The van der Waals surface area contributed by atoms with Crippen molar-refractivity contribution in [3.05, 3.63) is 28.7 Å². The molecular weight excluding hydrogens is 342 g/mol. The van der Waals surface area contributed by atoms with Gasteiger partial charge in [-0.25, -0.2) is 4.68 Å². The highest BCUT2D eigenvalue weighted by Crippen LogP contribution is 2.24. The van der Waals surface area contributed by atoms with Crippen LogP contribution in [0.5, 0.6) is 0 Å². The Balaban J connectivity index is 2.02. The van der Waals surface area contributed by atoms with Crippen LogP contribution in [0.3, 0.4) is 0 Å². The SMILES string of the molecule is CCC(Sc1nnnn1C)C(=O)Nc1ccc(Br)cc1. The third-order valence-electron chi connectivity index (χ3n) is 2.60. The zero-order chi connectivity index (χ0) is 14.5. The molecule has 1 unspecified atom stereocenters. The number of nitrogens with zero attached hydrogens (tertiary/aromatic N) is 4. The molecule has 0 radical (unpaired) electrons. The first-order valence-corrected chi connectivity index (χ1v) is 7.73. The highest BCUT2D eigenvalue weighted by atomic mass is 79.9. The van der Waals surface area contributed by atoms with E-state index in [9.17, 15) is 4.79 Å². The summed E-state index contributed by atoms with van der Waals surface area (Å²) in [5, 5.41) is 14.5. The van der Waals surface area contributed by atoms with Crippen molar-refractivity contribution in [2.45, 2.75) is 23.8 Å². The van der Waals surface area contributed by atoms with Crippen LogP contribution < -0.4 is 5.32 Å². The molecule has 2 rings (SSSR count). The molecule has 1 aromatic heterocycles. The number of benzene rings is 1. The number of carbonyl (C=O) groups is 1. The van der Waals surface area contributed by atoms with Crippen molar-refractivity contribution in [1.29, 1.82) is 0 Å². The summed E-state index contributed by atoms with van der Waals surface area (Å²) in [7, 11) is 1.75. The van der Waals surface area contributed by atoms with Crippen LogP contribution in [0.4, 0.5) is 5.69 Å². The molecule has 20 heavy (non-hydrogen) atoms. The molecule has 0 bridgehead atoms. The van der Waals surface area contributed by atoms with Crippen molar-refractivity contribution < 1.29 is 4.79 Å². The van der Waals surface area contributed by atoms with E-state index in [1.165, 1.54) is 11.8 Å². The minimum Gasteiger partial charge on any atom is -0.325 e. The Morgan fingerprint density at radius 1 is 1.45 bits per heavy atom. The predicted octanol–water partition coefficient (Wildman–Crippen LogP) is 2.48. The summed E-state index contributed by atoms with van der Waals surface area (Å²) in [5.74, 6) is -0.0529. The molecule has 1 N–H and O–H groups in total. The Labute approximate surface area is 129 Å². The second-order valence-corrected chi connectivity index (χ2v) is 6.18. The normalized spacial score (nSPS) is 12.2. The maximum absolute atomic E-state index is 12.2. The number of carbonyl (C=O) groups excluding carboxylic acids is 1. The fourth-order valence-corrected chi connectivity index (χ4v) is 2.65. The molecule has 0 spiro atoms. The van der Waals surface area contributed by atoms with Gasteiger partial charge in [0.05, 0.1) is 5.25 Å². The van der Waals surface area contributed by atoms with Gasteiger partial charge in [0.2, 0.25) is 11.1 Å². The molecule has 0 aliphatic rings. The summed E-state index contributed by atoms with van der Waals surface area (Å²) in [6.07, 6.45) is 0.694. The number of tetrazole rings is 1. The largest absolute Gasteiger partial charge is 0.325 e. The molecule has 1 atom stereocenters. The van der Waals surface area contributed by atoms with Gasteiger partial charge in [0, 0.05) is 17.2 Å². The number of aryl methyl sites for hydroxylation is 1. The summed E-state index contributed by atoms with van der Waals surface area (Å²) in [4.78, 5) is 12.2. The standard InChI is InChI=1S/C12H14BrN5OS/c1-3-10(20-12-15-16-17-18(12)2)11(19)14-9-6-4-8(13)5-7-9/h4-7,10H,3H2,1-2H3,(H,14,19). The van der Waals surface area contributed by atoms with Crippen LogP contribution in [-0.2, 0) is 11.8 Å². The average molecular weight is 356 g/mol. The van der Waals surface area contributed by atoms with E-state index in [1.54, 1.807) is 11.7 Å². The van der Waals surface area contributed by atoms with Crippen molar-refractivity contribution in [3.63, 3.8) is 0 Å². The fourth-order valence-electron chi connectivity index (χ4n) is 1.53. The first-order valence-electron chi connectivity index (χ1n) is 6.05. The van der Waals surface area contributed by atoms with Gasteiger partial charge in [-0.3, -0.25) is 4.79 Å². The second kappa shape index (κ2) is 6.85. The number of halogens is 1. The van der Waals surface area contributed by atoms with E-state index in [-0.39, 0.29) is 11.2 Å². The van der Waals surface area contributed by atoms with E-state index in [4.69, 9.17) is 0 Å². The van der Waals surface area contributed by atoms with Gasteiger partial charge in [-0.05, 0) is 41.1 Å². The lowest BCUT2D eigenvalue weighted by molar-refractivity contribution is -0.115. The van der Waals surface area contributed by atoms with Crippen LogP contribution in [0.1, 0.15) is 13.3 Å². The summed E-state index contributed by atoms with van der Waals surface area (Å²) in [6.45, 7) is 1.96. The van der Waals surface area contributed by atoms with Crippen LogP contribution >= 0.6 is 27.7 Å². The van der Waals surface area contributed by atoms with Crippen LogP contribution in [-0.4, -0.2) is 31.4 Å². The Hall–Kier alpha value is -1.41. The number of anilines is 1. The molecule has 6 nitrogen and oxygen atoms in total. The Morgan fingerprint density at radius 2 is 2.15 bits per heavy atom. The van der Waals surface area contributed by atoms with Crippen molar-refractivity contribution in [3.8, 4) is 0 Å². The molecule has 0 saturated heterocycles. The third kappa shape index (κ3) is 3.80. The van der Waals surface area contributed by atoms with E-state index in [0.29, 0.717) is 11.6 Å². The van der Waals surface area contributed by atoms with Gasteiger partial charge in [0.25, 0.3) is 0 Å². The maximum atomic E-state index is 12.2. The molecule has 0 saturated carbocycles. The van der Waals surface area contributed by atoms with Gasteiger partial charge in [-0.1, -0.05) is 34.6 Å². The summed E-state index contributed by atoms with van der Waals surface area (Å²) in [5.41, 5.74) is 0.772. The molecule has 1 aromatic carbocycles. The minimum atomic E-state index is -0.233. The quantitative estimate of drug-likeness (QED) is 0.834. The second-order valence-electron chi connectivity index (χ2n) is 4.10. The van der Waals surface area contributed by atoms with Crippen molar-refractivity contribution in [2.24, 2.45) is 7.05 Å². The molecule has 106 valence electrons. The van der Waals surface area contributed by atoms with Crippen LogP contribution in [0.2, 0.25) is 0 Å². The zero-order valence-electron chi connectivity index (χ0n) is 11.1. The van der Waals surface area contributed by atoms with Gasteiger partial charge in [0.1, 0.15) is 0 Å².